The monoisotopic (exact) mass is 549 g/mol. The topological polar surface area (TPSA) is 29.5 Å². The van der Waals surface area contributed by atoms with Crippen molar-refractivity contribution in [1.82, 2.24) is 0 Å². The number of anilines is 1. The molecular formula is C30H36BrNO2Si. The second-order valence-electron chi connectivity index (χ2n) is 11.2. The summed E-state index contributed by atoms with van der Waals surface area (Å²) in [6.07, 6.45) is 1.10. The van der Waals surface area contributed by atoms with E-state index in [-0.39, 0.29) is 11.0 Å². The number of halogens is 1. The zero-order valence-electron chi connectivity index (χ0n) is 21.4. The fourth-order valence-electron chi connectivity index (χ4n) is 5.54. The van der Waals surface area contributed by atoms with Crippen LogP contribution in [-0.2, 0) is 14.6 Å². The van der Waals surface area contributed by atoms with Gasteiger partial charge in [-0.3, -0.25) is 0 Å². The molecule has 0 aliphatic carbocycles. The molecule has 0 unspecified atom stereocenters. The number of hydrogen-bond acceptors (Lipinski definition) is 3. The van der Waals surface area contributed by atoms with Gasteiger partial charge in [-0.1, -0.05) is 110 Å². The number of carbonyl (C=O) groups is 1. The number of hydrogen-bond donors (Lipinski definition) is 0. The molecule has 1 aliphatic heterocycles. The molecule has 3 nitrogen and oxygen atoms in total. The van der Waals surface area contributed by atoms with Crippen LogP contribution in [-0.4, -0.2) is 34.3 Å². The molecule has 0 radical (unpaired) electrons. The molecule has 0 saturated carbocycles. The Morgan fingerprint density at radius 1 is 1.03 bits per heavy atom. The van der Waals surface area contributed by atoms with Crippen molar-refractivity contribution in [1.29, 1.82) is 0 Å². The van der Waals surface area contributed by atoms with Gasteiger partial charge in [-0.2, -0.15) is 0 Å². The van der Waals surface area contributed by atoms with Crippen molar-refractivity contribution < 1.29 is 9.22 Å². The minimum absolute atomic E-state index is 0.0450. The first-order valence-electron chi connectivity index (χ1n) is 12.4. The highest BCUT2D eigenvalue weighted by Gasteiger charge is 2.50. The van der Waals surface area contributed by atoms with Crippen molar-refractivity contribution in [2.75, 3.05) is 24.6 Å². The van der Waals surface area contributed by atoms with E-state index >= 15 is 0 Å². The van der Waals surface area contributed by atoms with Gasteiger partial charge in [-0.25, -0.2) is 0 Å². The number of rotatable bonds is 8. The van der Waals surface area contributed by atoms with Gasteiger partial charge in [0.05, 0.1) is 5.41 Å². The van der Waals surface area contributed by atoms with E-state index in [1.54, 1.807) is 0 Å². The molecule has 0 saturated heterocycles. The summed E-state index contributed by atoms with van der Waals surface area (Å²) in [6, 6.07) is 27.8. The lowest BCUT2D eigenvalue weighted by Gasteiger charge is -2.43. The number of nitrogens with zero attached hydrogens (tertiary/aromatic N) is 1. The van der Waals surface area contributed by atoms with Crippen LogP contribution in [0.2, 0.25) is 5.04 Å². The summed E-state index contributed by atoms with van der Waals surface area (Å²) in [5.74, 6) is 0.289. The van der Waals surface area contributed by atoms with Gasteiger partial charge < -0.3 is 14.1 Å². The average molecular weight is 551 g/mol. The number of aldehydes is 1. The minimum Gasteiger partial charge on any atom is -0.407 e. The van der Waals surface area contributed by atoms with Gasteiger partial charge in [0.15, 0.2) is 0 Å². The molecule has 3 aromatic carbocycles. The summed E-state index contributed by atoms with van der Waals surface area (Å²) in [4.78, 5) is 14.4. The van der Waals surface area contributed by atoms with Crippen LogP contribution in [0.1, 0.15) is 40.2 Å². The van der Waals surface area contributed by atoms with Gasteiger partial charge in [0, 0.05) is 29.9 Å². The molecule has 0 aromatic heterocycles. The van der Waals surface area contributed by atoms with Crippen molar-refractivity contribution in [2.24, 2.45) is 5.92 Å². The smallest absolute Gasteiger partial charge is 0.261 e. The molecule has 1 heterocycles. The molecule has 1 aliphatic rings. The van der Waals surface area contributed by atoms with Crippen LogP contribution >= 0.6 is 15.9 Å². The van der Waals surface area contributed by atoms with Gasteiger partial charge in [-0.05, 0) is 45.9 Å². The van der Waals surface area contributed by atoms with Crippen molar-refractivity contribution in [2.45, 2.75) is 45.1 Å². The van der Waals surface area contributed by atoms with E-state index in [4.69, 9.17) is 4.43 Å². The molecule has 0 N–H and O–H groups in total. The summed E-state index contributed by atoms with van der Waals surface area (Å²) < 4.78 is 8.20. The lowest BCUT2D eigenvalue weighted by Crippen LogP contribution is -2.67. The van der Waals surface area contributed by atoms with Gasteiger partial charge in [0.25, 0.3) is 8.32 Å². The molecule has 35 heavy (non-hydrogen) atoms. The lowest BCUT2D eigenvalue weighted by molar-refractivity contribution is -0.111. The van der Waals surface area contributed by atoms with Crippen LogP contribution in [0.5, 0.6) is 0 Å². The van der Waals surface area contributed by atoms with E-state index in [9.17, 15) is 4.79 Å². The highest BCUT2D eigenvalue weighted by Crippen LogP contribution is 2.42. The van der Waals surface area contributed by atoms with Crippen molar-refractivity contribution >= 4 is 46.6 Å². The Hall–Kier alpha value is -2.21. The maximum absolute atomic E-state index is 12.0. The Bertz CT molecular complexity index is 1120. The Balaban J connectivity index is 1.62. The number of carbonyl (C=O) groups excluding carboxylic acids is 1. The van der Waals surface area contributed by atoms with E-state index in [0.717, 1.165) is 28.6 Å². The summed E-state index contributed by atoms with van der Waals surface area (Å²) in [5.41, 5.74) is 1.77. The van der Waals surface area contributed by atoms with Crippen LogP contribution < -0.4 is 15.3 Å². The molecule has 2 atom stereocenters. The van der Waals surface area contributed by atoms with Crippen LogP contribution in [0, 0.1) is 5.92 Å². The van der Waals surface area contributed by atoms with Crippen LogP contribution in [0.25, 0.3) is 0 Å². The van der Waals surface area contributed by atoms with Gasteiger partial charge in [0.2, 0.25) is 0 Å². The number of fused-ring (bicyclic) bond motifs is 1. The van der Waals surface area contributed by atoms with Crippen molar-refractivity contribution in [3.05, 3.63) is 88.9 Å². The molecule has 5 heteroatoms. The summed E-state index contributed by atoms with van der Waals surface area (Å²) >= 11 is 3.61. The highest BCUT2D eigenvalue weighted by atomic mass is 79.9. The molecule has 184 valence electrons. The van der Waals surface area contributed by atoms with Crippen molar-refractivity contribution in [3.8, 4) is 0 Å². The van der Waals surface area contributed by atoms with E-state index in [1.807, 2.05) is 13.0 Å². The zero-order valence-corrected chi connectivity index (χ0v) is 24.0. The fraction of sp³-hybridized carbons (Fsp3) is 0.367. The Morgan fingerprint density at radius 3 is 2.11 bits per heavy atom. The molecule has 0 fully saturated rings. The third-order valence-corrected chi connectivity index (χ3v) is 12.7. The summed E-state index contributed by atoms with van der Waals surface area (Å²) in [7, 11) is -2.57. The largest absolute Gasteiger partial charge is 0.407 e. The maximum atomic E-state index is 12.0. The fourth-order valence-corrected chi connectivity index (χ4v) is 10.6. The van der Waals surface area contributed by atoms with Gasteiger partial charge >= 0.3 is 0 Å². The van der Waals surface area contributed by atoms with E-state index in [1.165, 1.54) is 10.4 Å². The van der Waals surface area contributed by atoms with Crippen molar-refractivity contribution in [3.63, 3.8) is 0 Å². The average Bonchev–Trinajstić information content (AvgIpc) is 3.11. The third-order valence-electron chi connectivity index (χ3n) is 7.23. The minimum atomic E-state index is -2.57. The molecule has 0 bridgehead atoms. The molecule has 0 amide bonds. The standard InChI is InChI=1S/C30H36BrNO2Si/c1-23(19-32-21-30(5,22-33)27-17-16-24(31)18-28(27)32)20-34-35(29(2,3)4,25-12-8-6-9-13-25)26-14-10-7-11-15-26/h6-18,22-23H,19-21H2,1-5H3/t23-,30+/m0/s1. The first-order chi connectivity index (χ1) is 16.6. The van der Waals surface area contributed by atoms with Crippen LogP contribution in [0.4, 0.5) is 5.69 Å². The normalized spacial score (nSPS) is 18.9. The second kappa shape index (κ2) is 10.0. The molecule has 3 aromatic rings. The third kappa shape index (κ3) is 4.91. The number of benzene rings is 3. The summed E-state index contributed by atoms with van der Waals surface area (Å²) in [5, 5.41) is 2.56. The first-order valence-corrected chi connectivity index (χ1v) is 15.1. The second-order valence-corrected chi connectivity index (χ2v) is 16.4. The zero-order chi connectivity index (χ0) is 25.3. The van der Waals surface area contributed by atoms with E-state index in [0.29, 0.717) is 13.2 Å². The molecule has 0 spiro atoms. The molecular weight excluding hydrogens is 514 g/mol. The summed E-state index contributed by atoms with van der Waals surface area (Å²) in [6.45, 7) is 13.4. The Morgan fingerprint density at radius 2 is 1.60 bits per heavy atom. The predicted molar refractivity (Wildman–Crippen MR) is 153 cm³/mol. The van der Waals surface area contributed by atoms with Gasteiger partial charge in [0.1, 0.15) is 6.29 Å². The predicted octanol–water partition coefficient (Wildman–Crippen LogP) is 5.94. The Labute approximate surface area is 219 Å². The highest BCUT2D eigenvalue weighted by molar-refractivity contribution is 9.10. The SMILES string of the molecule is C[C@H](CO[Si](c1ccccc1)(c1ccccc1)C(C)(C)C)CN1C[C@](C)(C=O)c2ccc(Br)cc21. The van der Waals surface area contributed by atoms with Crippen LogP contribution in [0.15, 0.2) is 83.3 Å². The molecule has 4 rings (SSSR count). The lowest BCUT2D eigenvalue weighted by atomic mass is 9.86. The maximum Gasteiger partial charge on any atom is 0.261 e. The van der Waals surface area contributed by atoms with Crippen LogP contribution in [0.3, 0.4) is 0 Å². The first kappa shape index (κ1) is 25.9. The van der Waals surface area contributed by atoms with Gasteiger partial charge in [-0.15, -0.1) is 0 Å². The quantitative estimate of drug-likeness (QED) is 0.257. The van der Waals surface area contributed by atoms with E-state index < -0.39 is 13.7 Å². The van der Waals surface area contributed by atoms with E-state index in [2.05, 4.69) is 121 Å². The Kier molecular flexibility index (Phi) is 7.42.